The van der Waals surface area contributed by atoms with Gasteiger partial charge >= 0.3 is 5.51 Å². The van der Waals surface area contributed by atoms with Crippen LogP contribution in [0.25, 0.3) is 0 Å². The SMILES string of the molecule is CCC1(N)CN(c2ccc(S(=O)(=O)C(F)(F)F)cc2)C1. The highest BCUT2D eigenvalue weighted by atomic mass is 32.2. The van der Waals surface area contributed by atoms with Crippen LogP contribution in [0.4, 0.5) is 18.9 Å². The van der Waals surface area contributed by atoms with E-state index in [2.05, 4.69) is 0 Å². The lowest BCUT2D eigenvalue weighted by molar-refractivity contribution is -0.0436. The third-order valence-electron chi connectivity index (χ3n) is 3.53. The summed E-state index contributed by atoms with van der Waals surface area (Å²) in [5.74, 6) is 0. The highest BCUT2D eigenvalue weighted by Crippen LogP contribution is 2.33. The van der Waals surface area contributed by atoms with Crippen molar-refractivity contribution in [1.29, 1.82) is 0 Å². The topological polar surface area (TPSA) is 63.4 Å². The van der Waals surface area contributed by atoms with Gasteiger partial charge in [0.1, 0.15) is 0 Å². The summed E-state index contributed by atoms with van der Waals surface area (Å²) >= 11 is 0. The van der Waals surface area contributed by atoms with Crippen molar-refractivity contribution in [2.24, 2.45) is 5.73 Å². The molecule has 0 unspecified atom stereocenters. The van der Waals surface area contributed by atoms with E-state index in [1.807, 2.05) is 11.8 Å². The molecule has 0 radical (unpaired) electrons. The van der Waals surface area contributed by atoms with Crippen LogP contribution in [0.3, 0.4) is 0 Å². The van der Waals surface area contributed by atoms with Crippen LogP contribution in [-0.4, -0.2) is 32.6 Å². The van der Waals surface area contributed by atoms with Gasteiger partial charge in [-0.2, -0.15) is 13.2 Å². The minimum atomic E-state index is -5.28. The van der Waals surface area contributed by atoms with Crippen LogP contribution in [0.5, 0.6) is 0 Å². The Morgan fingerprint density at radius 2 is 1.75 bits per heavy atom. The Labute approximate surface area is 115 Å². The van der Waals surface area contributed by atoms with Crippen molar-refractivity contribution >= 4 is 15.5 Å². The van der Waals surface area contributed by atoms with Gasteiger partial charge in [0.25, 0.3) is 9.84 Å². The standard InChI is InChI=1S/C12H15F3N2O2S/c1-2-11(16)7-17(8-11)9-3-5-10(6-4-9)20(18,19)12(13,14)15/h3-6H,2,7-8,16H2,1H3. The first-order chi connectivity index (χ1) is 9.09. The van der Waals surface area contributed by atoms with E-state index < -0.39 is 20.2 Å². The van der Waals surface area contributed by atoms with E-state index in [-0.39, 0.29) is 5.54 Å². The molecule has 4 nitrogen and oxygen atoms in total. The number of anilines is 1. The first-order valence-corrected chi connectivity index (χ1v) is 7.53. The molecule has 0 bridgehead atoms. The number of hydrogen-bond donors (Lipinski definition) is 1. The quantitative estimate of drug-likeness (QED) is 0.926. The van der Waals surface area contributed by atoms with Crippen LogP contribution in [0.15, 0.2) is 29.2 Å². The molecule has 0 amide bonds. The molecule has 1 aromatic rings. The monoisotopic (exact) mass is 308 g/mol. The van der Waals surface area contributed by atoms with Crippen molar-refractivity contribution in [3.8, 4) is 0 Å². The zero-order valence-electron chi connectivity index (χ0n) is 10.8. The molecule has 1 aliphatic heterocycles. The number of benzene rings is 1. The molecule has 1 saturated heterocycles. The van der Waals surface area contributed by atoms with E-state index in [4.69, 9.17) is 5.73 Å². The Kier molecular flexibility index (Phi) is 3.50. The predicted octanol–water partition coefficient (Wildman–Crippen LogP) is 1.91. The Morgan fingerprint density at radius 3 is 2.15 bits per heavy atom. The van der Waals surface area contributed by atoms with Gasteiger partial charge in [0.05, 0.1) is 10.4 Å². The molecule has 1 heterocycles. The fraction of sp³-hybridized carbons (Fsp3) is 0.500. The van der Waals surface area contributed by atoms with Gasteiger partial charge in [0.15, 0.2) is 0 Å². The molecular formula is C12H15F3N2O2S. The summed E-state index contributed by atoms with van der Waals surface area (Å²) in [6.07, 6.45) is 0.810. The van der Waals surface area contributed by atoms with Gasteiger partial charge in [-0.25, -0.2) is 8.42 Å². The molecule has 0 aromatic heterocycles. The zero-order chi connectivity index (χ0) is 15.2. The highest BCUT2D eigenvalue weighted by molar-refractivity contribution is 7.92. The average Bonchev–Trinajstić information content (AvgIpc) is 2.34. The van der Waals surface area contributed by atoms with Crippen molar-refractivity contribution in [2.45, 2.75) is 29.3 Å². The summed E-state index contributed by atoms with van der Waals surface area (Å²) in [5, 5.41) is 0. The summed E-state index contributed by atoms with van der Waals surface area (Å²) < 4.78 is 59.6. The highest BCUT2D eigenvalue weighted by Gasteiger charge is 2.47. The van der Waals surface area contributed by atoms with Gasteiger partial charge < -0.3 is 10.6 Å². The van der Waals surface area contributed by atoms with Crippen LogP contribution >= 0.6 is 0 Å². The lowest BCUT2D eigenvalue weighted by atomic mass is 9.88. The molecular weight excluding hydrogens is 293 g/mol. The number of hydrogen-bond acceptors (Lipinski definition) is 4. The molecule has 0 aliphatic carbocycles. The summed E-state index contributed by atoms with van der Waals surface area (Å²) in [7, 11) is -5.28. The molecule has 0 atom stereocenters. The van der Waals surface area contributed by atoms with Crippen LogP contribution < -0.4 is 10.6 Å². The minimum absolute atomic E-state index is 0.267. The van der Waals surface area contributed by atoms with Crippen LogP contribution in [0, 0.1) is 0 Å². The number of alkyl halides is 3. The van der Waals surface area contributed by atoms with Gasteiger partial charge in [-0.05, 0) is 30.7 Å². The molecule has 20 heavy (non-hydrogen) atoms. The van der Waals surface area contributed by atoms with Gasteiger partial charge in [-0.1, -0.05) is 6.92 Å². The number of nitrogens with two attached hydrogens (primary N) is 1. The molecule has 1 aromatic carbocycles. The molecule has 112 valence electrons. The second-order valence-electron chi connectivity index (χ2n) is 5.02. The molecule has 2 N–H and O–H groups in total. The average molecular weight is 308 g/mol. The molecule has 2 rings (SSSR count). The van der Waals surface area contributed by atoms with Crippen molar-refractivity contribution in [1.82, 2.24) is 0 Å². The third kappa shape index (κ3) is 2.49. The van der Waals surface area contributed by atoms with Crippen LogP contribution in [-0.2, 0) is 9.84 Å². The Balaban J connectivity index is 2.17. The van der Waals surface area contributed by atoms with E-state index in [1.165, 1.54) is 12.1 Å². The summed E-state index contributed by atoms with van der Waals surface area (Å²) in [6, 6.07) is 4.68. The van der Waals surface area contributed by atoms with E-state index in [0.717, 1.165) is 18.6 Å². The number of rotatable bonds is 3. The molecule has 0 saturated carbocycles. The van der Waals surface area contributed by atoms with Gasteiger partial charge in [-0.15, -0.1) is 0 Å². The molecule has 0 spiro atoms. The van der Waals surface area contributed by atoms with E-state index >= 15 is 0 Å². The lowest BCUT2D eigenvalue weighted by Crippen LogP contribution is -2.67. The maximum absolute atomic E-state index is 12.4. The van der Waals surface area contributed by atoms with Crippen LogP contribution in [0.1, 0.15) is 13.3 Å². The molecule has 8 heteroatoms. The third-order valence-corrected chi connectivity index (χ3v) is 5.03. The first-order valence-electron chi connectivity index (χ1n) is 6.04. The Bertz CT molecular complexity index is 590. The molecule has 1 fully saturated rings. The van der Waals surface area contributed by atoms with E-state index in [9.17, 15) is 21.6 Å². The van der Waals surface area contributed by atoms with Gasteiger partial charge in [0, 0.05) is 18.8 Å². The Morgan fingerprint density at radius 1 is 1.25 bits per heavy atom. The largest absolute Gasteiger partial charge is 0.501 e. The summed E-state index contributed by atoms with van der Waals surface area (Å²) in [4.78, 5) is 1.15. The fourth-order valence-electron chi connectivity index (χ4n) is 2.09. The number of nitrogens with zero attached hydrogens (tertiary/aromatic N) is 1. The molecule has 1 aliphatic rings. The van der Waals surface area contributed by atoms with Crippen molar-refractivity contribution in [3.63, 3.8) is 0 Å². The van der Waals surface area contributed by atoms with Gasteiger partial charge in [-0.3, -0.25) is 0 Å². The maximum atomic E-state index is 12.4. The summed E-state index contributed by atoms with van der Waals surface area (Å²) in [6.45, 7) is 3.18. The maximum Gasteiger partial charge on any atom is 0.501 e. The van der Waals surface area contributed by atoms with E-state index in [1.54, 1.807) is 0 Å². The van der Waals surface area contributed by atoms with Crippen LogP contribution in [0.2, 0.25) is 0 Å². The second-order valence-corrected chi connectivity index (χ2v) is 6.96. The van der Waals surface area contributed by atoms with E-state index in [0.29, 0.717) is 18.8 Å². The van der Waals surface area contributed by atoms with Gasteiger partial charge in [0.2, 0.25) is 0 Å². The number of halogens is 3. The predicted molar refractivity (Wildman–Crippen MR) is 69.1 cm³/mol. The van der Waals surface area contributed by atoms with Crippen molar-refractivity contribution in [3.05, 3.63) is 24.3 Å². The Hall–Kier alpha value is -1.28. The zero-order valence-corrected chi connectivity index (χ0v) is 11.6. The second kappa shape index (κ2) is 4.63. The fourth-order valence-corrected chi connectivity index (χ4v) is 2.85. The smallest absolute Gasteiger partial charge is 0.368 e. The van der Waals surface area contributed by atoms with Crippen molar-refractivity contribution < 1.29 is 21.6 Å². The lowest BCUT2D eigenvalue weighted by Gasteiger charge is -2.48. The minimum Gasteiger partial charge on any atom is -0.368 e. The van der Waals surface area contributed by atoms with Crippen molar-refractivity contribution in [2.75, 3.05) is 18.0 Å². The summed E-state index contributed by atoms with van der Waals surface area (Å²) in [5.41, 5.74) is 1.12. The normalized spacial score (nSPS) is 18.8. The first kappa shape index (κ1) is 15.1. The number of sulfone groups is 1.